The molecular formula is C40H42F4N6O5. The lowest BCUT2D eigenvalue weighted by molar-refractivity contribution is -0.127. The molecule has 2 aromatic heterocycles. The highest BCUT2D eigenvalue weighted by atomic mass is 19.4. The number of hydrogen-bond acceptors (Lipinski definition) is 7. The van der Waals surface area contributed by atoms with Gasteiger partial charge in [0.15, 0.2) is 6.23 Å². The van der Waals surface area contributed by atoms with Gasteiger partial charge in [0.05, 0.1) is 22.9 Å². The summed E-state index contributed by atoms with van der Waals surface area (Å²) in [5, 5.41) is 16.8. The number of nitrogens with zero attached hydrogens (tertiary/aromatic N) is 5. The van der Waals surface area contributed by atoms with Crippen LogP contribution in [0, 0.1) is 5.95 Å². The van der Waals surface area contributed by atoms with Crippen molar-refractivity contribution in [2.24, 2.45) is 0 Å². The van der Waals surface area contributed by atoms with E-state index in [1.54, 1.807) is 71.6 Å². The molecule has 1 aliphatic carbocycles. The van der Waals surface area contributed by atoms with Crippen molar-refractivity contribution in [1.82, 2.24) is 29.9 Å². The molecule has 1 unspecified atom stereocenters. The summed E-state index contributed by atoms with van der Waals surface area (Å²) in [5.41, 5.74) is 1.61. The summed E-state index contributed by atoms with van der Waals surface area (Å²) in [6, 6.07) is 16.5. The van der Waals surface area contributed by atoms with E-state index >= 15 is 4.39 Å². The lowest BCUT2D eigenvalue weighted by Crippen LogP contribution is -2.49. The largest absolute Gasteiger partial charge is 0.476 e. The van der Waals surface area contributed by atoms with Gasteiger partial charge in [-0.2, -0.15) is 17.6 Å². The SMILES string of the molecule is O=C(O)N1CCN(C(=O)/C=C/CNC2(COc3ccc(/C(=C(/CC(F)(F)F)c4ccccc4)c4ccc5c(c4)c(F)nn5C4CCCCO4)cn3)CC2)CC1. The van der Waals surface area contributed by atoms with E-state index < -0.39 is 30.9 Å². The van der Waals surface area contributed by atoms with Crippen LogP contribution in [0.1, 0.15) is 61.4 Å². The smallest absolute Gasteiger partial charge is 0.407 e. The molecule has 1 saturated carbocycles. The molecule has 0 bridgehead atoms. The Hall–Kier alpha value is -5.28. The van der Waals surface area contributed by atoms with E-state index in [1.165, 1.54) is 21.9 Å². The van der Waals surface area contributed by atoms with Gasteiger partial charge in [0.2, 0.25) is 17.7 Å². The van der Waals surface area contributed by atoms with E-state index in [0.717, 1.165) is 25.7 Å². The molecule has 0 radical (unpaired) electrons. The molecule has 0 spiro atoms. The van der Waals surface area contributed by atoms with Crippen LogP contribution in [0.25, 0.3) is 22.0 Å². The van der Waals surface area contributed by atoms with Gasteiger partial charge < -0.3 is 29.7 Å². The Balaban J connectivity index is 1.09. The molecule has 290 valence electrons. The first kappa shape index (κ1) is 38.0. The summed E-state index contributed by atoms with van der Waals surface area (Å²) in [6.07, 6.45) is 1.70. The summed E-state index contributed by atoms with van der Waals surface area (Å²) in [4.78, 5) is 31.0. The standard InChI is InChI=1S/C40H42F4N6O5/c41-37-30-23-28(11-13-32(30)50(47-37)35-10-4-5-22-54-35)36(31(24-40(42,43)44)27-7-2-1-3-8-27)29-12-14-33(45-25-29)55-26-39(15-16-39)46-17-6-9-34(51)48-18-20-49(21-19-48)38(52)53/h1-3,6-9,11-14,23,25,35,46H,4-5,10,15-22,24,26H2,(H,52,53)/b9-6+,36-31-. The van der Waals surface area contributed by atoms with E-state index in [9.17, 15) is 22.8 Å². The first-order valence-electron chi connectivity index (χ1n) is 18.4. The Morgan fingerprint density at radius 2 is 1.73 bits per heavy atom. The summed E-state index contributed by atoms with van der Waals surface area (Å²) in [5.74, 6) is -0.620. The number of alkyl halides is 3. The van der Waals surface area contributed by atoms with E-state index in [4.69, 9.17) is 14.6 Å². The van der Waals surface area contributed by atoms with Crippen LogP contribution in [0.2, 0.25) is 0 Å². The maximum atomic E-state index is 15.4. The summed E-state index contributed by atoms with van der Waals surface area (Å²) in [7, 11) is 0. The number of hydrogen-bond donors (Lipinski definition) is 2. The average Bonchev–Trinajstić information content (AvgIpc) is 3.90. The maximum absolute atomic E-state index is 15.4. The molecule has 7 rings (SSSR count). The second kappa shape index (κ2) is 16.2. The van der Waals surface area contributed by atoms with Crippen LogP contribution in [0.3, 0.4) is 0 Å². The second-order valence-electron chi connectivity index (χ2n) is 14.1. The van der Waals surface area contributed by atoms with Gasteiger partial charge in [0.1, 0.15) is 6.61 Å². The first-order valence-corrected chi connectivity index (χ1v) is 18.4. The fourth-order valence-corrected chi connectivity index (χ4v) is 7.09. The molecule has 2 aliphatic heterocycles. The van der Waals surface area contributed by atoms with Gasteiger partial charge in [-0.25, -0.2) is 14.5 Å². The number of amides is 2. The summed E-state index contributed by atoms with van der Waals surface area (Å²) in [6.45, 7) is 2.49. The molecule has 2 aromatic carbocycles. The number of fused-ring (bicyclic) bond motifs is 1. The minimum atomic E-state index is -4.54. The zero-order chi connectivity index (χ0) is 38.6. The van der Waals surface area contributed by atoms with E-state index in [1.807, 2.05) is 0 Å². The summed E-state index contributed by atoms with van der Waals surface area (Å²) < 4.78 is 71.6. The van der Waals surface area contributed by atoms with E-state index in [-0.39, 0.29) is 53.6 Å². The van der Waals surface area contributed by atoms with Gasteiger partial charge >= 0.3 is 12.3 Å². The molecule has 15 heteroatoms. The number of carboxylic acid groups (broad SMARTS) is 1. The molecule has 55 heavy (non-hydrogen) atoms. The van der Waals surface area contributed by atoms with Gasteiger partial charge in [0.25, 0.3) is 0 Å². The van der Waals surface area contributed by atoms with Crippen molar-refractivity contribution in [2.45, 2.75) is 56.5 Å². The number of nitrogens with one attached hydrogen (secondary N) is 1. The third-order valence-corrected chi connectivity index (χ3v) is 10.3. The molecule has 11 nitrogen and oxygen atoms in total. The van der Waals surface area contributed by atoms with Crippen LogP contribution in [-0.4, -0.2) is 99.3 Å². The van der Waals surface area contributed by atoms with Gasteiger partial charge in [-0.15, -0.1) is 5.10 Å². The van der Waals surface area contributed by atoms with Gasteiger partial charge in [-0.1, -0.05) is 42.5 Å². The third-order valence-electron chi connectivity index (χ3n) is 10.3. The van der Waals surface area contributed by atoms with Gasteiger partial charge in [-0.3, -0.25) is 4.79 Å². The van der Waals surface area contributed by atoms with Crippen LogP contribution in [0.5, 0.6) is 5.88 Å². The van der Waals surface area contributed by atoms with Crippen molar-refractivity contribution < 1.29 is 41.7 Å². The molecule has 2 amide bonds. The zero-order valence-corrected chi connectivity index (χ0v) is 30.1. The van der Waals surface area contributed by atoms with Crippen LogP contribution in [0.4, 0.5) is 22.4 Å². The molecule has 4 aromatic rings. The lowest BCUT2D eigenvalue weighted by atomic mass is 9.88. The lowest BCUT2D eigenvalue weighted by Gasteiger charge is -2.32. The highest BCUT2D eigenvalue weighted by Gasteiger charge is 2.43. The Bertz CT molecular complexity index is 2050. The Morgan fingerprint density at radius 1 is 0.982 bits per heavy atom. The topological polar surface area (TPSA) is 122 Å². The monoisotopic (exact) mass is 762 g/mol. The van der Waals surface area contributed by atoms with E-state index in [2.05, 4.69) is 15.4 Å². The van der Waals surface area contributed by atoms with Crippen LogP contribution >= 0.6 is 0 Å². The van der Waals surface area contributed by atoms with Crippen molar-refractivity contribution in [1.29, 1.82) is 0 Å². The van der Waals surface area contributed by atoms with Crippen molar-refractivity contribution in [2.75, 3.05) is 45.9 Å². The Labute approximate surface area is 315 Å². The number of carbonyl (C=O) groups is 2. The molecule has 2 saturated heterocycles. The number of rotatable bonds is 12. The highest BCUT2D eigenvalue weighted by molar-refractivity contribution is 6.00. The third kappa shape index (κ3) is 9.16. The fraction of sp³-hybridized carbons (Fsp3) is 0.400. The number of benzene rings is 2. The molecule has 4 heterocycles. The van der Waals surface area contributed by atoms with Crippen LogP contribution < -0.4 is 10.1 Å². The van der Waals surface area contributed by atoms with Crippen molar-refractivity contribution in [3.05, 3.63) is 102 Å². The normalized spacial score (nSPS) is 19.1. The van der Waals surface area contributed by atoms with Gasteiger partial charge in [0, 0.05) is 63.2 Å². The summed E-state index contributed by atoms with van der Waals surface area (Å²) >= 11 is 0. The number of ether oxygens (including phenoxy) is 2. The number of aromatic nitrogens is 3. The minimum absolute atomic E-state index is 0.0153. The highest BCUT2D eigenvalue weighted by Crippen LogP contribution is 2.41. The maximum Gasteiger partial charge on any atom is 0.407 e. The molecule has 3 fully saturated rings. The van der Waals surface area contributed by atoms with Crippen LogP contribution in [0.15, 0.2) is 79.0 Å². The molecule has 2 N–H and O–H groups in total. The predicted octanol–water partition coefficient (Wildman–Crippen LogP) is 7.06. The Kier molecular flexibility index (Phi) is 11.2. The van der Waals surface area contributed by atoms with Crippen molar-refractivity contribution in [3.8, 4) is 5.88 Å². The predicted molar refractivity (Wildman–Crippen MR) is 197 cm³/mol. The van der Waals surface area contributed by atoms with Crippen molar-refractivity contribution >= 4 is 34.0 Å². The van der Waals surface area contributed by atoms with E-state index in [0.29, 0.717) is 54.9 Å². The minimum Gasteiger partial charge on any atom is -0.476 e. The van der Waals surface area contributed by atoms with Gasteiger partial charge in [-0.05, 0) is 72.6 Å². The Morgan fingerprint density at radius 3 is 2.38 bits per heavy atom. The first-order chi connectivity index (χ1) is 26.5. The van der Waals surface area contributed by atoms with Crippen LogP contribution in [-0.2, 0) is 9.53 Å². The second-order valence-corrected chi connectivity index (χ2v) is 14.1. The number of pyridine rings is 1. The number of allylic oxidation sites excluding steroid dienone is 1. The molecular weight excluding hydrogens is 720 g/mol. The quantitative estimate of drug-likeness (QED) is 0.0895. The number of halogens is 4. The number of carbonyl (C=O) groups excluding carboxylic acids is 1. The molecule has 3 aliphatic rings. The van der Waals surface area contributed by atoms with Crippen molar-refractivity contribution in [3.63, 3.8) is 0 Å². The number of piperazine rings is 1. The fourth-order valence-electron chi connectivity index (χ4n) is 7.09. The average molecular weight is 763 g/mol. The zero-order valence-electron chi connectivity index (χ0n) is 30.1. The molecule has 1 atom stereocenters.